The first kappa shape index (κ1) is 20.8. The van der Waals surface area contributed by atoms with Gasteiger partial charge in [0.15, 0.2) is 0 Å². The van der Waals surface area contributed by atoms with Crippen molar-refractivity contribution in [1.29, 1.82) is 0 Å². The summed E-state index contributed by atoms with van der Waals surface area (Å²) in [6.07, 6.45) is 6.16. The maximum Gasteiger partial charge on any atom is 0.139 e. The van der Waals surface area contributed by atoms with Crippen LogP contribution >= 0.6 is 0 Å². The topological polar surface area (TPSA) is 50.7 Å². The third-order valence-corrected chi connectivity index (χ3v) is 9.68. The first-order chi connectivity index (χ1) is 14.3. The number of aliphatic imine (C=N–C) groups is 1. The van der Waals surface area contributed by atoms with Crippen molar-refractivity contribution in [2.24, 2.45) is 39.5 Å². The fourth-order valence-electron chi connectivity index (χ4n) is 8.03. The molecule has 1 aliphatic heterocycles. The predicted molar refractivity (Wildman–Crippen MR) is 116 cm³/mol. The lowest BCUT2D eigenvalue weighted by Gasteiger charge is -2.61. The minimum Gasteiger partial charge on any atom is -0.355 e. The summed E-state index contributed by atoms with van der Waals surface area (Å²) in [6, 6.07) is 0. The van der Waals surface area contributed by atoms with Crippen LogP contribution in [0.4, 0.5) is 4.39 Å². The molecule has 1 saturated heterocycles. The number of hydrogen-bond acceptors (Lipinski definition) is 4. The van der Waals surface area contributed by atoms with Gasteiger partial charge in [0.1, 0.15) is 18.7 Å². The summed E-state index contributed by atoms with van der Waals surface area (Å²) in [6.45, 7) is 11.2. The molecular weight excluding hydrogens is 379 g/mol. The molecule has 5 fully saturated rings. The fraction of sp³-hybridized carbons (Fsp3) is 0.840. The number of allylic oxidation sites excluding steroid dienone is 1. The van der Waals surface area contributed by atoms with Gasteiger partial charge in [-0.05, 0) is 80.6 Å². The molecular formula is C25H37FN2O2. The molecule has 0 aromatic heterocycles. The number of nitrogens with one attached hydrogen (secondary N) is 1. The molecule has 0 spiro atoms. The summed E-state index contributed by atoms with van der Waals surface area (Å²) < 4.78 is 21.7. The molecule has 6 unspecified atom stereocenters. The monoisotopic (exact) mass is 416 g/mol. The van der Waals surface area contributed by atoms with E-state index in [0.717, 1.165) is 51.6 Å². The third-order valence-electron chi connectivity index (χ3n) is 9.68. The molecule has 5 rings (SSSR count). The molecule has 0 aromatic carbocycles. The summed E-state index contributed by atoms with van der Waals surface area (Å²) in [5, 5.41) is 3.32. The summed E-state index contributed by atoms with van der Waals surface area (Å²) >= 11 is 0. The Hall–Kier alpha value is -1.07. The lowest BCUT2D eigenvalue weighted by Crippen LogP contribution is -2.58. The van der Waals surface area contributed by atoms with E-state index >= 15 is 4.39 Å². The molecule has 0 radical (unpaired) electrons. The normalized spacial score (nSPS) is 49.8. The van der Waals surface area contributed by atoms with E-state index in [-0.39, 0.29) is 23.4 Å². The van der Waals surface area contributed by atoms with Gasteiger partial charge in [-0.3, -0.25) is 9.79 Å². The van der Waals surface area contributed by atoms with E-state index in [9.17, 15) is 4.79 Å². The Bertz CT molecular complexity index is 760. The number of fused-ring (bicyclic) bond motifs is 5. The zero-order valence-corrected chi connectivity index (χ0v) is 18.6. The van der Waals surface area contributed by atoms with Gasteiger partial charge in [0, 0.05) is 24.1 Å². The Kier molecular flexibility index (Phi) is 5.21. The van der Waals surface area contributed by atoms with E-state index in [0.29, 0.717) is 37.2 Å². The van der Waals surface area contributed by atoms with Gasteiger partial charge in [0.2, 0.25) is 0 Å². The molecule has 0 bridgehead atoms. The summed E-state index contributed by atoms with van der Waals surface area (Å²) in [5.74, 6) is 1.26. The van der Waals surface area contributed by atoms with Crippen LogP contribution in [-0.2, 0) is 9.53 Å². The van der Waals surface area contributed by atoms with Crippen LogP contribution in [0.15, 0.2) is 17.1 Å². The van der Waals surface area contributed by atoms with Crippen LogP contribution in [0.1, 0.15) is 65.2 Å². The molecule has 5 aliphatic rings. The fourth-order valence-corrected chi connectivity index (χ4v) is 8.03. The van der Waals surface area contributed by atoms with E-state index in [1.165, 1.54) is 11.3 Å². The largest absolute Gasteiger partial charge is 0.355 e. The van der Waals surface area contributed by atoms with E-state index in [1.54, 1.807) is 0 Å². The second-order valence-electron chi connectivity index (χ2n) is 11.2. The maximum absolute atomic E-state index is 15.8. The number of alkyl halides is 1. The van der Waals surface area contributed by atoms with Crippen molar-refractivity contribution in [2.45, 2.75) is 77.5 Å². The smallest absolute Gasteiger partial charge is 0.139 e. The molecule has 1 heterocycles. The highest BCUT2D eigenvalue weighted by Crippen LogP contribution is 2.66. The zero-order chi connectivity index (χ0) is 21.1. The second kappa shape index (κ2) is 7.51. The number of ketones is 1. The molecule has 4 saturated carbocycles. The minimum absolute atomic E-state index is 0.0549. The van der Waals surface area contributed by atoms with E-state index in [2.05, 4.69) is 18.8 Å². The first-order valence-corrected chi connectivity index (χ1v) is 12.0. The number of halogens is 1. The van der Waals surface area contributed by atoms with Crippen LogP contribution in [-0.4, -0.2) is 43.6 Å². The van der Waals surface area contributed by atoms with Gasteiger partial charge in [-0.2, -0.15) is 0 Å². The average Bonchev–Trinajstić information content (AvgIpc) is 3.31. The Labute approximate surface area is 180 Å². The Morgan fingerprint density at radius 1 is 1.27 bits per heavy atom. The molecule has 0 aromatic rings. The molecule has 5 heteroatoms. The summed E-state index contributed by atoms with van der Waals surface area (Å²) in [4.78, 5) is 17.4. The van der Waals surface area contributed by atoms with Gasteiger partial charge in [-0.25, -0.2) is 4.39 Å². The Morgan fingerprint density at radius 3 is 2.87 bits per heavy atom. The van der Waals surface area contributed by atoms with E-state index in [4.69, 9.17) is 9.73 Å². The van der Waals surface area contributed by atoms with Crippen molar-refractivity contribution in [3.63, 3.8) is 0 Å². The van der Waals surface area contributed by atoms with Crippen LogP contribution in [0.3, 0.4) is 0 Å². The highest BCUT2D eigenvalue weighted by molar-refractivity contribution is 5.87. The van der Waals surface area contributed by atoms with Crippen molar-refractivity contribution in [1.82, 2.24) is 5.32 Å². The number of carbonyl (C=O) groups excluding carboxylic acids is 1. The second-order valence-corrected chi connectivity index (χ2v) is 11.2. The highest BCUT2D eigenvalue weighted by atomic mass is 19.1. The maximum atomic E-state index is 15.8. The van der Waals surface area contributed by atoms with E-state index in [1.807, 2.05) is 6.92 Å². The average molecular weight is 417 g/mol. The van der Waals surface area contributed by atoms with Crippen LogP contribution < -0.4 is 5.32 Å². The number of carbonyl (C=O) groups is 1. The third kappa shape index (κ3) is 3.14. The number of Topliss-reactive ketones (excluding diaryl/α,β-unsaturated/α-hetero) is 1. The van der Waals surface area contributed by atoms with Crippen molar-refractivity contribution in [3.05, 3.63) is 12.2 Å². The Balaban J connectivity index is 1.33. The molecule has 30 heavy (non-hydrogen) atoms. The van der Waals surface area contributed by atoms with Crippen molar-refractivity contribution < 1.29 is 13.9 Å². The lowest BCUT2D eigenvalue weighted by atomic mass is 9.44. The van der Waals surface area contributed by atoms with E-state index < -0.39 is 11.6 Å². The van der Waals surface area contributed by atoms with Crippen LogP contribution in [0.25, 0.3) is 0 Å². The zero-order valence-electron chi connectivity index (χ0n) is 18.6. The molecule has 4 nitrogen and oxygen atoms in total. The van der Waals surface area contributed by atoms with Crippen molar-refractivity contribution in [3.8, 4) is 0 Å². The molecule has 166 valence electrons. The molecule has 8 atom stereocenters. The quantitative estimate of drug-likeness (QED) is 0.690. The van der Waals surface area contributed by atoms with Gasteiger partial charge in [-0.1, -0.05) is 26.0 Å². The van der Waals surface area contributed by atoms with Gasteiger partial charge in [0.05, 0.1) is 6.10 Å². The predicted octanol–water partition coefficient (Wildman–Crippen LogP) is 4.49. The van der Waals surface area contributed by atoms with Crippen molar-refractivity contribution >= 4 is 11.5 Å². The summed E-state index contributed by atoms with van der Waals surface area (Å²) in [5.41, 5.74) is 1.97. The van der Waals surface area contributed by atoms with Crippen molar-refractivity contribution in [2.75, 3.05) is 19.8 Å². The summed E-state index contributed by atoms with van der Waals surface area (Å²) in [7, 11) is 0. The number of rotatable bonds is 3. The molecule has 0 amide bonds. The van der Waals surface area contributed by atoms with Crippen LogP contribution in [0.5, 0.6) is 0 Å². The Morgan fingerprint density at radius 2 is 2.10 bits per heavy atom. The standard InChI is InChI=1S/C25H37FN2O2/c1-15-10-18-19-4-5-22(29)25(19,3)12-21(26)23(18)24(2)8-6-16(11-20(15)24)28-14-30-17-7-9-27-13-17/h17-21,23,27H,1,4-14H2,2-3H3/b28-16+/t17?,18?,19?,20?,21?,23?,24-,25-/m0/s1. The van der Waals surface area contributed by atoms with Crippen LogP contribution in [0, 0.1) is 34.5 Å². The van der Waals surface area contributed by atoms with Gasteiger partial charge >= 0.3 is 0 Å². The van der Waals surface area contributed by atoms with Crippen LogP contribution in [0.2, 0.25) is 0 Å². The highest BCUT2D eigenvalue weighted by Gasteiger charge is 2.64. The minimum atomic E-state index is -0.879. The number of ether oxygens (including phenoxy) is 1. The van der Waals surface area contributed by atoms with Gasteiger partial charge in [0.25, 0.3) is 0 Å². The molecule has 4 aliphatic carbocycles. The number of nitrogens with zero attached hydrogens (tertiary/aromatic N) is 1. The first-order valence-electron chi connectivity index (χ1n) is 12.0. The number of hydrogen-bond donors (Lipinski definition) is 1. The lowest BCUT2D eigenvalue weighted by molar-refractivity contribution is -0.144. The van der Waals surface area contributed by atoms with Gasteiger partial charge < -0.3 is 10.1 Å². The SMILES string of the molecule is C=C1CC2C(C(F)C[C@]3(C)C(=O)CCC23)[C@@]2(C)CC/C(=N\COC3CCNC3)CC12. The molecule has 1 N–H and O–H groups in total. The van der Waals surface area contributed by atoms with Gasteiger partial charge in [-0.15, -0.1) is 0 Å².